The molecule has 2 saturated carbocycles. The van der Waals surface area contributed by atoms with Crippen molar-refractivity contribution in [2.24, 2.45) is 17.8 Å². The Morgan fingerprint density at radius 2 is 1.95 bits per heavy atom. The summed E-state index contributed by atoms with van der Waals surface area (Å²) in [5.41, 5.74) is 1.37. The van der Waals surface area contributed by atoms with Crippen LogP contribution in [0.1, 0.15) is 57.6 Å². The Balaban J connectivity index is 1.52. The summed E-state index contributed by atoms with van der Waals surface area (Å²) in [6.07, 6.45) is 6.91. The number of benzene rings is 1. The topological polar surface area (TPSA) is 21.3 Å². The third-order valence-corrected chi connectivity index (χ3v) is 5.49. The molecule has 0 aromatic heterocycles. The van der Waals surface area contributed by atoms with Crippen LogP contribution < -0.4 is 10.1 Å². The van der Waals surface area contributed by atoms with Crippen LogP contribution in [0, 0.1) is 17.8 Å². The first kappa shape index (κ1) is 14.9. The second-order valence-electron chi connectivity index (χ2n) is 6.83. The molecule has 1 aromatic rings. The first-order valence-electron chi connectivity index (χ1n) is 8.76. The highest BCUT2D eigenvalue weighted by atomic mass is 16.5. The molecule has 2 heteroatoms. The Kier molecular flexibility index (Phi) is 4.84. The van der Waals surface area contributed by atoms with Gasteiger partial charge in [-0.3, -0.25) is 0 Å². The summed E-state index contributed by atoms with van der Waals surface area (Å²) in [5.74, 6) is 3.81. The number of nitrogens with one attached hydrogen (secondary N) is 1. The van der Waals surface area contributed by atoms with Crippen molar-refractivity contribution >= 4 is 0 Å². The van der Waals surface area contributed by atoms with Crippen LogP contribution in [-0.2, 0) is 0 Å². The average molecular weight is 287 g/mol. The second-order valence-corrected chi connectivity index (χ2v) is 6.83. The molecule has 1 aromatic carbocycles. The van der Waals surface area contributed by atoms with Crippen molar-refractivity contribution in [1.82, 2.24) is 5.32 Å². The molecule has 3 rings (SSSR count). The van der Waals surface area contributed by atoms with Crippen molar-refractivity contribution in [2.45, 2.75) is 52.0 Å². The summed E-state index contributed by atoms with van der Waals surface area (Å²) in [6, 6.07) is 9.18. The number of hydrogen-bond donors (Lipinski definition) is 1. The molecule has 1 N–H and O–H groups in total. The van der Waals surface area contributed by atoms with E-state index in [1.54, 1.807) is 0 Å². The van der Waals surface area contributed by atoms with Gasteiger partial charge in [-0.05, 0) is 67.7 Å². The average Bonchev–Trinajstić information content (AvgIpc) is 3.14. The van der Waals surface area contributed by atoms with Gasteiger partial charge in [-0.25, -0.2) is 0 Å². The van der Waals surface area contributed by atoms with Crippen LogP contribution in [0.25, 0.3) is 0 Å². The molecule has 0 radical (unpaired) electrons. The van der Waals surface area contributed by atoms with E-state index in [4.69, 9.17) is 4.74 Å². The van der Waals surface area contributed by atoms with Crippen LogP contribution in [0.3, 0.4) is 0 Å². The van der Waals surface area contributed by atoms with Gasteiger partial charge in [0.2, 0.25) is 0 Å². The maximum atomic E-state index is 6.05. The number of ether oxygens (including phenoxy) is 1. The molecular formula is C19H29NO. The van der Waals surface area contributed by atoms with Crippen molar-refractivity contribution in [3.63, 3.8) is 0 Å². The van der Waals surface area contributed by atoms with E-state index >= 15 is 0 Å². The molecule has 2 bridgehead atoms. The lowest BCUT2D eigenvalue weighted by Crippen LogP contribution is -2.20. The lowest BCUT2D eigenvalue weighted by molar-refractivity contribution is 0.195. The lowest BCUT2D eigenvalue weighted by atomic mass is 9.89. The van der Waals surface area contributed by atoms with Crippen molar-refractivity contribution in [2.75, 3.05) is 13.2 Å². The van der Waals surface area contributed by atoms with E-state index in [1.807, 2.05) is 0 Å². The number of rotatable bonds is 7. The predicted octanol–water partition coefficient (Wildman–Crippen LogP) is 4.56. The monoisotopic (exact) mass is 287 g/mol. The van der Waals surface area contributed by atoms with E-state index in [1.165, 1.54) is 31.2 Å². The molecule has 0 spiro atoms. The van der Waals surface area contributed by atoms with Gasteiger partial charge in [0.15, 0.2) is 0 Å². The minimum absolute atomic E-state index is 0.467. The van der Waals surface area contributed by atoms with Crippen LogP contribution in [-0.4, -0.2) is 13.2 Å². The van der Waals surface area contributed by atoms with Gasteiger partial charge in [0.1, 0.15) is 5.75 Å². The van der Waals surface area contributed by atoms with Gasteiger partial charge in [0.25, 0.3) is 0 Å². The van der Waals surface area contributed by atoms with Crippen molar-refractivity contribution in [3.8, 4) is 5.75 Å². The normalized spacial score (nSPS) is 28.8. The van der Waals surface area contributed by atoms with Crippen molar-refractivity contribution in [3.05, 3.63) is 29.8 Å². The lowest BCUT2D eigenvalue weighted by Gasteiger charge is -2.22. The SMILES string of the molecule is CCNC(CC)c1ccc(OCC2CC3CCC2C3)cc1. The van der Waals surface area contributed by atoms with Gasteiger partial charge in [0.05, 0.1) is 6.61 Å². The largest absolute Gasteiger partial charge is 0.493 e. The fourth-order valence-electron chi connectivity index (χ4n) is 4.32. The highest BCUT2D eigenvalue weighted by Gasteiger charge is 2.39. The molecule has 0 amide bonds. The van der Waals surface area contributed by atoms with E-state index in [9.17, 15) is 0 Å². The van der Waals surface area contributed by atoms with Gasteiger partial charge in [-0.2, -0.15) is 0 Å². The maximum absolute atomic E-state index is 6.05. The standard InChI is InChI=1S/C19H29NO/c1-3-19(20-4-2)15-7-9-18(10-8-15)21-13-17-12-14-5-6-16(17)11-14/h7-10,14,16-17,19-20H,3-6,11-13H2,1-2H3. The van der Waals surface area contributed by atoms with Crippen LogP contribution in [0.5, 0.6) is 5.75 Å². The van der Waals surface area contributed by atoms with Crippen LogP contribution in [0.4, 0.5) is 0 Å². The fraction of sp³-hybridized carbons (Fsp3) is 0.684. The van der Waals surface area contributed by atoms with Gasteiger partial charge >= 0.3 is 0 Å². The van der Waals surface area contributed by atoms with Gasteiger partial charge < -0.3 is 10.1 Å². The Morgan fingerprint density at radius 3 is 2.52 bits per heavy atom. The summed E-state index contributed by atoms with van der Waals surface area (Å²) in [6.45, 7) is 6.33. The Labute approximate surface area is 129 Å². The smallest absolute Gasteiger partial charge is 0.119 e. The van der Waals surface area contributed by atoms with Crippen LogP contribution in [0.2, 0.25) is 0 Å². The minimum Gasteiger partial charge on any atom is -0.493 e. The Morgan fingerprint density at radius 1 is 1.14 bits per heavy atom. The summed E-state index contributed by atoms with van der Waals surface area (Å²) >= 11 is 0. The molecule has 0 heterocycles. The van der Waals surface area contributed by atoms with E-state index in [0.29, 0.717) is 6.04 Å². The molecule has 4 atom stereocenters. The maximum Gasteiger partial charge on any atom is 0.119 e. The first-order chi connectivity index (χ1) is 10.3. The van der Waals surface area contributed by atoms with E-state index < -0.39 is 0 Å². The molecule has 2 aliphatic carbocycles. The van der Waals surface area contributed by atoms with Gasteiger partial charge in [-0.1, -0.05) is 32.4 Å². The summed E-state index contributed by atoms with van der Waals surface area (Å²) in [5, 5.41) is 3.52. The third kappa shape index (κ3) is 3.42. The van der Waals surface area contributed by atoms with Crippen LogP contribution in [0.15, 0.2) is 24.3 Å². The summed E-state index contributed by atoms with van der Waals surface area (Å²) < 4.78 is 6.05. The fourth-order valence-corrected chi connectivity index (χ4v) is 4.32. The molecule has 2 aliphatic rings. The molecule has 116 valence electrons. The zero-order valence-corrected chi connectivity index (χ0v) is 13.5. The number of hydrogen-bond acceptors (Lipinski definition) is 2. The Bertz CT molecular complexity index is 441. The molecule has 0 aliphatic heterocycles. The third-order valence-electron chi connectivity index (χ3n) is 5.49. The van der Waals surface area contributed by atoms with Crippen molar-refractivity contribution < 1.29 is 4.74 Å². The first-order valence-corrected chi connectivity index (χ1v) is 8.76. The zero-order chi connectivity index (χ0) is 14.7. The molecule has 0 saturated heterocycles. The Hall–Kier alpha value is -1.02. The highest BCUT2D eigenvalue weighted by molar-refractivity contribution is 5.29. The van der Waals surface area contributed by atoms with Crippen LogP contribution >= 0.6 is 0 Å². The van der Waals surface area contributed by atoms with Crippen molar-refractivity contribution in [1.29, 1.82) is 0 Å². The molecule has 2 fully saturated rings. The predicted molar refractivity (Wildman–Crippen MR) is 87.6 cm³/mol. The van der Waals surface area contributed by atoms with E-state index in [-0.39, 0.29) is 0 Å². The van der Waals surface area contributed by atoms with E-state index in [0.717, 1.165) is 43.1 Å². The van der Waals surface area contributed by atoms with Gasteiger partial charge in [-0.15, -0.1) is 0 Å². The number of fused-ring (bicyclic) bond motifs is 2. The highest BCUT2D eigenvalue weighted by Crippen LogP contribution is 2.48. The molecule has 21 heavy (non-hydrogen) atoms. The second kappa shape index (κ2) is 6.83. The summed E-state index contributed by atoms with van der Waals surface area (Å²) in [7, 11) is 0. The minimum atomic E-state index is 0.467. The van der Waals surface area contributed by atoms with E-state index in [2.05, 4.69) is 43.4 Å². The molecule has 2 nitrogen and oxygen atoms in total. The quantitative estimate of drug-likeness (QED) is 0.793. The molecule has 4 unspecified atom stereocenters. The molecular weight excluding hydrogens is 258 g/mol. The summed E-state index contributed by atoms with van der Waals surface area (Å²) in [4.78, 5) is 0. The van der Waals surface area contributed by atoms with Gasteiger partial charge in [0, 0.05) is 6.04 Å². The zero-order valence-electron chi connectivity index (χ0n) is 13.5.